The first-order chi connectivity index (χ1) is 20.0. The summed E-state index contributed by atoms with van der Waals surface area (Å²) in [5.41, 5.74) is 7.54. The first-order valence-corrected chi connectivity index (χ1v) is 14.5. The first kappa shape index (κ1) is 27.5. The number of carbonyl (C=O) groups excluding carboxylic acids is 2. The summed E-state index contributed by atoms with van der Waals surface area (Å²) in [5, 5.41) is 0. The molecule has 2 aliphatic heterocycles. The van der Waals surface area contributed by atoms with E-state index in [-0.39, 0.29) is 22.6 Å². The molecule has 0 N–H and O–H groups in total. The molecule has 210 valence electrons. The van der Waals surface area contributed by atoms with E-state index in [1.165, 1.54) is 11.1 Å². The van der Waals surface area contributed by atoms with Gasteiger partial charge in [0, 0.05) is 11.4 Å². The van der Waals surface area contributed by atoms with Crippen LogP contribution in [0.25, 0.3) is 11.4 Å². The zero-order valence-electron chi connectivity index (χ0n) is 25.1. The van der Waals surface area contributed by atoms with Crippen LogP contribution in [0.1, 0.15) is 63.8 Å². The number of nitrogens with zero attached hydrogens (tertiary/aromatic N) is 2. The third kappa shape index (κ3) is 4.57. The highest BCUT2D eigenvalue weighted by atomic mass is 16.2. The van der Waals surface area contributed by atoms with Crippen LogP contribution in [0.4, 0.5) is 11.4 Å². The Morgan fingerprint density at radius 2 is 0.738 bits per heavy atom. The molecule has 4 nitrogen and oxygen atoms in total. The fraction of sp³-hybridized carbons (Fsp3) is 0.211. The van der Waals surface area contributed by atoms with Gasteiger partial charge < -0.3 is 0 Å². The molecule has 2 aliphatic rings. The van der Waals surface area contributed by atoms with Gasteiger partial charge in [-0.25, -0.2) is 0 Å². The average Bonchev–Trinajstić information content (AvgIpc) is 3.44. The van der Waals surface area contributed by atoms with Crippen molar-refractivity contribution in [1.29, 1.82) is 0 Å². The lowest BCUT2D eigenvalue weighted by molar-refractivity contribution is -0.115. The van der Waals surface area contributed by atoms with Gasteiger partial charge in [0.05, 0.1) is 22.5 Å². The second-order valence-corrected chi connectivity index (χ2v) is 13.1. The predicted molar refractivity (Wildman–Crippen MR) is 172 cm³/mol. The standard InChI is InChI=1S/C38H36N2O2/c1-37(2,3)27-17-21-29(22-18-27)39-33(25-13-9-7-10-14-25)31-32(35(39)41)34(26-15-11-8-12-16-26)40(36(31)42)30-23-19-28(20-24-30)38(4,5)6/h7-24H,1-6H3. The Labute approximate surface area is 248 Å². The van der Waals surface area contributed by atoms with E-state index in [0.29, 0.717) is 22.5 Å². The normalized spacial score (nSPS) is 15.7. The van der Waals surface area contributed by atoms with Crippen molar-refractivity contribution in [3.05, 3.63) is 143 Å². The van der Waals surface area contributed by atoms with Crippen LogP contribution in [0.5, 0.6) is 0 Å². The van der Waals surface area contributed by atoms with Crippen LogP contribution in [0.3, 0.4) is 0 Å². The number of carbonyl (C=O) groups is 2. The molecule has 0 aliphatic carbocycles. The van der Waals surface area contributed by atoms with E-state index < -0.39 is 0 Å². The summed E-state index contributed by atoms with van der Waals surface area (Å²) in [5.74, 6) is -0.401. The molecule has 0 spiro atoms. The Kier molecular flexibility index (Phi) is 6.53. The summed E-state index contributed by atoms with van der Waals surface area (Å²) >= 11 is 0. The molecular formula is C38H36N2O2. The monoisotopic (exact) mass is 552 g/mol. The lowest BCUT2D eigenvalue weighted by atomic mass is 9.87. The van der Waals surface area contributed by atoms with E-state index in [4.69, 9.17) is 0 Å². The molecular weight excluding hydrogens is 516 g/mol. The predicted octanol–water partition coefficient (Wildman–Crippen LogP) is 8.50. The summed E-state index contributed by atoms with van der Waals surface area (Å²) in [6, 6.07) is 35.7. The highest BCUT2D eigenvalue weighted by Gasteiger charge is 2.49. The van der Waals surface area contributed by atoms with Crippen molar-refractivity contribution in [3.63, 3.8) is 0 Å². The highest BCUT2D eigenvalue weighted by Crippen LogP contribution is 2.49. The molecule has 0 atom stereocenters. The van der Waals surface area contributed by atoms with Gasteiger partial charge in [-0.3, -0.25) is 19.4 Å². The third-order valence-corrected chi connectivity index (χ3v) is 8.08. The maximum atomic E-state index is 14.6. The number of rotatable bonds is 4. The SMILES string of the molecule is CC(C)(C)c1ccc(N2C(=O)C3=C(c4ccccc4)N(c4ccc(C(C)(C)C)cc4)C(=O)C3=C2c2ccccc2)cc1. The van der Waals surface area contributed by atoms with Gasteiger partial charge in [0.2, 0.25) is 0 Å². The first-order valence-electron chi connectivity index (χ1n) is 14.5. The van der Waals surface area contributed by atoms with Crippen LogP contribution in [0.15, 0.2) is 120 Å². The Morgan fingerprint density at radius 1 is 0.429 bits per heavy atom. The summed E-state index contributed by atoms with van der Waals surface area (Å²) in [4.78, 5) is 32.6. The van der Waals surface area contributed by atoms with Crippen LogP contribution >= 0.6 is 0 Å². The zero-order chi connectivity index (χ0) is 29.8. The van der Waals surface area contributed by atoms with Gasteiger partial charge in [-0.1, -0.05) is 126 Å². The molecule has 6 rings (SSSR count). The lowest BCUT2D eigenvalue weighted by Gasteiger charge is -2.27. The Hall–Kier alpha value is -4.70. The maximum absolute atomic E-state index is 14.6. The summed E-state index contributed by atoms with van der Waals surface area (Å²) in [6.45, 7) is 13.0. The number of hydrogen-bond acceptors (Lipinski definition) is 2. The third-order valence-electron chi connectivity index (χ3n) is 8.08. The molecule has 0 saturated carbocycles. The Morgan fingerprint density at radius 3 is 1.02 bits per heavy atom. The van der Waals surface area contributed by atoms with Crippen molar-refractivity contribution < 1.29 is 9.59 Å². The minimum absolute atomic E-state index is 0.0210. The van der Waals surface area contributed by atoms with Crippen LogP contribution in [-0.4, -0.2) is 11.8 Å². The number of benzene rings is 4. The van der Waals surface area contributed by atoms with Gasteiger partial charge in [-0.2, -0.15) is 0 Å². The Balaban J connectivity index is 1.59. The molecule has 0 unspecified atom stereocenters. The second-order valence-electron chi connectivity index (χ2n) is 13.1. The van der Waals surface area contributed by atoms with Crippen molar-refractivity contribution in [2.24, 2.45) is 0 Å². The van der Waals surface area contributed by atoms with Crippen molar-refractivity contribution in [2.75, 3.05) is 9.80 Å². The van der Waals surface area contributed by atoms with Crippen LogP contribution in [-0.2, 0) is 20.4 Å². The van der Waals surface area contributed by atoms with Crippen LogP contribution < -0.4 is 9.80 Å². The van der Waals surface area contributed by atoms with E-state index in [1.807, 2.05) is 84.9 Å². The molecule has 0 fully saturated rings. The summed E-state index contributed by atoms with van der Waals surface area (Å²) in [7, 11) is 0. The quantitative estimate of drug-likeness (QED) is 0.255. The summed E-state index contributed by atoms with van der Waals surface area (Å²) < 4.78 is 0. The maximum Gasteiger partial charge on any atom is 0.265 e. The molecule has 0 saturated heterocycles. The van der Waals surface area contributed by atoms with E-state index in [0.717, 1.165) is 22.5 Å². The van der Waals surface area contributed by atoms with E-state index >= 15 is 0 Å². The molecule has 0 aromatic heterocycles. The van der Waals surface area contributed by atoms with Gasteiger partial charge >= 0.3 is 0 Å². The molecule has 42 heavy (non-hydrogen) atoms. The summed E-state index contributed by atoms with van der Waals surface area (Å²) in [6.07, 6.45) is 0. The van der Waals surface area contributed by atoms with Gasteiger partial charge in [0.1, 0.15) is 0 Å². The highest BCUT2D eigenvalue weighted by molar-refractivity contribution is 6.41. The molecule has 4 aromatic carbocycles. The number of hydrogen-bond donors (Lipinski definition) is 0. The molecule has 4 heteroatoms. The van der Waals surface area contributed by atoms with Crippen LogP contribution in [0, 0.1) is 0 Å². The van der Waals surface area contributed by atoms with Crippen molar-refractivity contribution in [1.82, 2.24) is 0 Å². The number of amides is 2. The van der Waals surface area contributed by atoms with Crippen molar-refractivity contribution in [2.45, 2.75) is 52.4 Å². The van der Waals surface area contributed by atoms with Gasteiger partial charge in [-0.15, -0.1) is 0 Å². The molecule has 0 radical (unpaired) electrons. The molecule has 4 aromatic rings. The van der Waals surface area contributed by atoms with E-state index in [1.54, 1.807) is 9.80 Å². The Bertz CT molecular complexity index is 1600. The lowest BCUT2D eigenvalue weighted by Crippen LogP contribution is -2.30. The number of anilines is 2. The topological polar surface area (TPSA) is 40.6 Å². The fourth-order valence-electron chi connectivity index (χ4n) is 5.76. The van der Waals surface area contributed by atoms with Crippen molar-refractivity contribution >= 4 is 34.6 Å². The van der Waals surface area contributed by atoms with Crippen LogP contribution in [0.2, 0.25) is 0 Å². The minimum Gasteiger partial charge on any atom is -0.275 e. The molecule has 2 heterocycles. The zero-order valence-corrected chi connectivity index (χ0v) is 25.1. The molecule has 0 bridgehead atoms. The van der Waals surface area contributed by atoms with Crippen molar-refractivity contribution in [3.8, 4) is 0 Å². The second kappa shape index (κ2) is 9.99. The van der Waals surface area contributed by atoms with Gasteiger partial charge in [-0.05, 0) is 57.3 Å². The number of fused-ring (bicyclic) bond motifs is 1. The van der Waals surface area contributed by atoms with Gasteiger partial charge in [0.25, 0.3) is 11.8 Å². The van der Waals surface area contributed by atoms with E-state index in [9.17, 15) is 9.59 Å². The smallest absolute Gasteiger partial charge is 0.265 e. The fourth-order valence-corrected chi connectivity index (χ4v) is 5.76. The largest absolute Gasteiger partial charge is 0.275 e. The minimum atomic E-state index is -0.201. The van der Waals surface area contributed by atoms with Gasteiger partial charge in [0.15, 0.2) is 0 Å². The molecule has 2 amide bonds. The average molecular weight is 553 g/mol. The van der Waals surface area contributed by atoms with E-state index in [2.05, 4.69) is 65.8 Å².